The minimum absolute atomic E-state index is 0.240. The Hall–Kier alpha value is -1.42. The Morgan fingerprint density at radius 3 is 2.81 bits per heavy atom. The second kappa shape index (κ2) is 6.23. The van der Waals surface area contributed by atoms with Crippen LogP contribution in [0.15, 0.2) is 18.2 Å². The van der Waals surface area contributed by atoms with E-state index < -0.39 is 0 Å². The van der Waals surface area contributed by atoms with Crippen LogP contribution in [0.3, 0.4) is 0 Å². The first-order valence-corrected chi connectivity index (χ1v) is 5.39. The van der Waals surface area contributed by atoms with E-state index in [0.29, 0.717) is 24.2 Å². The number of unbranched alkanes of at least 4 members (excludes halogenated alkanes) is 1. The summed E-state index contributed by atoms with van der Waals surface area (Å²) in [6, 6.07) is 4.48. The van der Waals surface area contributed by atoms with E-state index in [1.807, 2.05) is 0 Å². The molecule has 0 aliphatic carbocycles. The number of nitrogens with one attached hydrogen (secondary N) is 1. The maximum atomic E-state index is 13.2. The fourth-order valence-electron chi connectivity index (χ4n) is 1.31. The molecule has 0 aliphatic rings. The summed E-state index contributed by atoms with van der Waals surface area (Å²) in [5.41, 5.74) is 6.23. The number of halogens is 1. The summed E-state index contributed by atoms with van der Waals surface area (Å²) in [5.74, 6) is -0.592. The molecule has 1 aromatic carbocycles. The van der Waals surface area contributed by atoms with E-state index in [9.17, 15) is 9.18 Å². The van der Waals surface area contributed by atoms with E-state index >= 15 is 0 Å². The summed E-state index contributed by atoms with van der Waals surface area (Å²) in [5, 5.41) is 2.72. The predicted molar refractivity (Wildman–Crippen MR) is 61.8 cm³/mol. The maximum absolute atomic E-state index is 13.2. The molecule has 0 aliphatic heterocycles. The average molecular weight is 224 g/mol. The van der Waals surface area contributed by atoms with Crippen molar-refractivity contribution >= 4 is 5.91 Å². The van der Waals surface area contributed by atoms with E-state index in [1.54, 1.807) is 19.1 Å². The first-order valence-electron chi connectivity index (χ1n) is 5.39. The lowest BCUT2D eigenvalue weighted by Crippen LogP contribution is -2.25. The van der Waals surface area contributed by atoms with Gasteiger partial charge in [-0.05, 0) is 44.0 Å². The molecular formula is C12H17FN2O. The van der Waals surface area contributed by atoms with Crippen LogP contribution in [0.1, 0.15) is 28.8 Å². The van der Waals surface area contributed by atoms with Gasteiger partial charge in [-0.15, -0.1) is 0 Å². The highest BCUT2D eigenvalue weighted by molar-refractivity contribution is 5.94. The van der Waals surface area contributed by atoms with Crippen molar-refractivity contribution in [3.05, 3.63) is 35.1 Å². The maximum Gasteiger partial charge on any atom is 0.251 e. The van der Waals surface area contributed by atoms with Crippen LogP contribution in [0.5, 0.6) is 0 Å². The molecule has 0 heterocycles. The number of carbonyl (C=O) groups excluding carboxylic acids is 1. The summed E-state index contributed by atoms with van der Waals surface area (Å²) in [7, 11) is 0. The number of carbonyl (C=O) groups is 1. The molecule has 0 saturated carbocycles. The normalized spacial score (nSPS) is 10.2. The molecule has 1 rings (SSSR count). The van der Waals surface area contributed by atoms with Gasteiger partial charge in [0.05, 0.1) is 0 Å². The van der Waals surface area contributed by atoms with Gasteiger partial charge in [-0.25, -0.2) is 4.39 Å². The highest BCUT2D eigenvalue weighted by Gasteiger charge is 2.06. The Balaban J connectivity index is 2.50. The minimum Gasteiger partial charge on any atom is -0.352 e. The molecule has 0 saturated heterocycles. The zero-order chi connectivity index (χ0) is 12.0. The highest BCUT2D eigenvalue weighted by Crippen LogP contribution is 2.08. The Morgan fingerprint density at radius 1 is 1.44 bits per heavy atom. The lowest BCUT2D eigenvalue weighted by Gasteiger charge is -2.05. The molecule has 4 heteroatoms. The number of nitrogens with two attached hydrogens (primary N) is 1. The van der Waals surface area contributed by atoms with Crippen LogP contribution in [-0.4, -0.2) is 19.0 Å². The summed E-state index contributed by atoms with van der Waals surface area (Å²) < 4.78 is 13.2. The summed E-state index contributed by atoms with van der Waals surface area (Å²) in [6.45, 7) is 2.86. The minimum atomic E-state index is -0.352. The number of hydrogen-bond acceptors (Lipinski definition) is 2. The predicted octanol–water partition coefficient (Wildman–Crippen LogP) is 1.60. The topological polar surface area (TPSA) is 55.1 Å². The van der Waals surface area contributed by atoms with Crippen molar-refractivity contribution in [2.24, 2.45) is 5.73 Å². The summed E-state index contributed by atoms with van der Waals surface area (Å²) in [6.07, 6.45) is 1.72. The van der Waals surface area contributed by atoms with E-state index in [4.69, 9.17) is 5.73 Å². The van der Waals surface area contributed by atoms with Crippen molar-refractivity contribution < 1.29 is 9.18 Å². The second-order valence-electron chi connectivity index (χ2n) is 3.72. The summed E-state index contributed by atoms with van der Waals surface area (Å²) in [4.78, 5) is 11.6. The molecule has 1 aromatic rings. The van der Waals surface area contributed by atoms with E-state index in [1.165, 1.54) is 6.07 Å². The van der Waals surface area contributed by atoms with Crippen LogP contribution in [0.2, 0.25) is 0 Å². The smallest absolute Gasteiger partial charge is 0.251 e. The zero-order valence-electron chi connectivity index (χ0n) is 9.42. The lowest BCUT2D eigenvalue weighted by molar-refractivity contribution is 0.0952. The largest absolute Gasteiger partial charge is 0.352 e. The van der Waals surface area contributed by atoms with Gasteiger partial charge >= 0.3 is 0 Å². The van der Waals surface area contributed by atoms with Crippen molar-refractivity contribution in [1.82, 2.24) is 5.32 Å². The molecular weight excluding hydrogens is 207 g/mol. The number of rotatable bonds is 5. The zero-order valence-corrected chi connectivity index (χ0v) is 9.42. The Morgan fingerprint density at radius 2 is 2.19 bits per heavy atom. The van der Waals surface area contributed by atoms with Gasteiger partial charge in [0.15, 0.2) is 0 Å². The van der Waals surface area contributed by atoms with Crippen LogP contribution in [0.4, 0.5) is 4.39 Å². The third-order valence-corrected chi connectivity index (χ3v) is 2.35. The van der Waals surface area contributed by atoms with Gasteiger partial charge in [0.1, 0.15) is 5.82 Å². The summed E-state index contributed by atoms with van der Waals surface area (Å²) >= 11 is 0. The number of hydrogen-bond donors (Lipinski definition) is 2. The fraction of sp³-hybridized carbons (Fsp3) is 0.417. The molecule has 0 radical (unpaired) electrons. The average Bonchev–Trinajstić information content (AvgIpc) is 2.28. The van der Waals surface area contributed by atoms with Gasteiger partial charge in [0.25, 0.3) is 5.91 Å². The van der Waals surface area contributed by atoms with Crippen LogP contribution in [0.25, 0.3) is 0 Å². The molecule has 16 heavy (non-hydrogen) atoms. The molecule has 3 N–H and O–H groups in total. The molecule has 0 fully saturated rings. The molecule has 0 aromatic heterocycles. The molecule has 88 valence electrons. The van der Waals surface area contributed by atoms with E-state index in [2.05, 4.69) is 5.32 Å². The Bertz CT molecular complexity index is 366. The van der Waals surface area contributed by atoms with Crippen molar-refractivity contribution in [2.45, 2.75) is 19.8 Å². The SMILES string of the molecule is Cc1ccc(C(=O)NCCCCN)cc1F. The van der Waals surface area contributed by atoms with Crippen LogP contribution < -0.4 is 11.1 Å². The van der Waals surface area contributed by atoms with Crippen LogP contribution in [-0.2, 0) is 0 Å². The van der Waals surface area contributed by atoms with Gasteiger partial charge in [-0.1, -0.05) is 6.07 Å². The van der Waals surface area contributed by atoms with E-state index in [0.717, 1.165) is 12.8 Å². The standard InChI is InChI=1S/C12H17FN2O/c1-9-4-5-10(8-11(9)13)12(16)15-7-3-2-6-14/h4-5,8H,2-3,6-7,14H2,1H3,(H,15,16). The quantitative estimate of drug-likeness (QED) is 0.746. The monoisotopic (exact) mass is 224 g/mol. The van der Waals surface area contributed by atoms with Gasteiger partial charge in [0.2, 0.25) is 0 Å². The van der Waals surface area contributed by atoms with Crippen molar-refractivity contribution in [2.75, 3.05) is 13.1 Å². The van der Waals surface area contributed by atoms with Gasteiger partial charge in [-0.3, -0.25) is 4.79 Å². The number of aryl methyl sites for hydroxylation is 1. The Kier molecular flexibility index (Phi) is 4.92. The first kappa shape index (κ1) is 12.6. The lowest BCUT2D eigenvalue weighted by atomic mass is 10.1. The van der Waals surface area contributed by atoms with Gasteiger partial charge < -0.3 is 11.1 Å². The van der Waals surface area contributed by atoms with Crippen LogP contribution in [0, 0.1) is 12.7 Å². The molecule has 0 unspecified atom stereocenters. The van der Waals surface area contributed by atoms with Crippen molar-refractivity contribution in [3.63, 3.8) is 0 Å². The molecule has 0 spiro atoms. The first-order chi connectivity index (χ1) is 7.65. The van der Waals surface area contributed by atoms with E-state index in [-0.39, 0.29) is 11.7 Å². The van der Waals surface area contributed by atoms with Crippen LogP contribution >= 0.6 is 0 Å². The molecule has 1 amide bonds. The van der Waals surface area contributed by atoms with Crippen molar-refractivity contribution in [3.8, 4) is 0 Å². The fourth-order valence-corrected chi connectivity index (χ4v) is 1.31. The second-order valence-corrected chi connectivity index (χ2v) is 3.72. The van der Waals surface area contributed by atoms with Crippen molar-refractivity contribution in [1.29, 1.82) is 0 Å². The van der Waals surface area contributed by atoms with Gasteiger partial charge in [-0.2, -0.15) is 0 Å². The Labute approximate surface area is 94.8 Å². The third-order valence-electron chi connectivity index (χ3n) is 2.35. The molecule has 0 bridgehead atoms. The third kappa shape index (κ3) is 3.62. The molecule has 0 atom stereocenters. The molecule has 3 nitrogen and oxygen atoms in total. The van der Waals surface area contributed by atoms with Gasteiger partial charge in [0, 0.05) is 12.1 Å². The number of amides is 1. The number of benzene rings is 1. The highest BCUT2D eigenvalue weighted by atomic mass is 19.1.